The molecule has 80 valence electrons. The van der Waals surface area contributed by atoms with Crippen LogP contribution in [0.3, 0.4) is 0 Å². The van der Waals surface area contributed by atoms with Gasteiger partial charge in [0.1, 0.15) is 17.0 Å². The van der Waals surface area contributed by atoms with E-state index in [9.17, 15) is 0 Å². The zero-order chi connectivity index (χ0) is 10.7. The molecule has 15 heavy (non-hydrogen) atoms. The molecule has 0 aliphatic heterocycles. The van der Waals surface area contributed by atoms with Crippen LogP contribution in [0, 0.1) is 0 Å². The molecule has 0 saturated carbocycles. The summed E-state index contributed by atoms with van der Waals surface area (Å²) in [5.41, 5.74) is 0. The Morgan fingerprint density at radius 3 is 3.07 bits per heavy atom. The molecule has 5 heteroatoms. The number of aromatic nitrogens is 2. The maximum absolute atomic E-state index is 4.37. The quantitative estimate of drug-likeness (QED) is 0.809. The molecule has 2 heterocycles. The van der Waals surface area contributed by atoms with Crippen molar-refractivity contribution in [3.05, 3.63) is 17.8 Å². The number of hydrogen-bond acceptors (Lipinski definition) is 4. The number of rotatable bonds is 4. The molecule has 0 N–H and O–H groups in total. The lowest BCUT2D eigenvalue weighted by Crippen LogP contribution is -2.25. The maximum atomic E-state index is 4.37. The molecule has 0 aromatic carbocycles. The van der Waals surface area contributed by atoms with Crippen molar-refractivity contribution in [3.8, 4) is 0 Å². The third-order valence-electron chi connectivity index (χ3n) is 2.28. The summed E-state index contributed by atoms with van der Waals surface area (Å²) >= 11 is 5.12. The number of fused-ring (bicyclic) bond motifs is 1. The van der Waals surface area contributed by atoms with E-state index in [1.54, 1.807) is 17.7 Å². The Morgan fingerprint density at radius 2 is 2.33 bits per heavy atom. The number of nitrogens with zero attached hydrogens (tertiary/aromatic N) is 3. The largest absolute Gasteiger partial charge is 0.355 e. The molecule has 2 aromatic heterocycles. The van der Waals surface area contributed by atoms with Gasteiger partial charge in [-0.05, 0) is 18.4 Å². The first-order valence-electron chi connectivity index (χ1n) is 4.86. The summed E-state index contributed by atoms with van der Waals surface area (Å²) in [6, 6.07) is 2.09. The van der Waals surface area contributed by atoms with Gasteiger partial charge in [0.2, 0.25) is 0 Å². The predicted molar refractivity (Wildman–Crippen MR) is 69.1 cm³/mol. The average Bonchev–Trinajstić information content (AvgIpc) is 2.73. The van der Waals surface area contributed by atoms with Crippen LogP contribution in [0.4, 0.5) is 5.82 Å². The topological polar surface area (TPSA) is 29.0 Å². The third kappa shape index (κ3) is 2.13. The van der Waals surface area contributed by atoms with E-state index in [1.807, 2.05) is 0 Å². The van der Waals surface area contributed by atoms with Crippen molar-refractivity contribution in [1.82, 2.24) is 9.97 Å². The Hall–Kier alpha value is -0.680. The maximum Gasteiger partial charge on any atom is 0.140 e. The number of alkyl halides is 1. The van der Waals surface area contributed by atoms with Crippen LogP contribution in [-0.2, 0) is 0 Å². The summed E-state index contributed by atoms with van der Waals surface area (Å²) in [6.07, 6.45) is 1.64. The van der Waals surface area contributed by atoms with Crippen molar-refractivity contribution in [3.63, 3.8) is 0 Å². The highest BCUT2D eigenvalue weighted by molar-refractivity contribution is 9.09. The van der Waals surface area contributed by atoms with E-state index in [4.69, 9.17) is 0 Å². The fraction of sp³-hybridized carbons (Fsp3) is 0.400. The standard InChI is InChI=1S/C10H12BrN3S/c1-2-14(5-4-11)9-8-3-6-15-10(8)13-7-12-9/h3,6-7H,2,4-5H2,1H3. The fourth-order valence-electron chi connectivity index (χ4n) is 1.54. The van der Waals surface area contributed by atoms with Gasteiger partial charge < -0.3 is 4.90 Å². The molecule has 0 unspecified atom stereocenters. The van der Waals surface area contributed by atoms with Crippen molar-refractivity contribution in [2.24, 2.45) is 0 Å². The molecule has 0 spiro atoms. The van der Waals surface area contributed by atoms with Crippen molar-refractivity contribution >= 4 is 43.3 Å². The summed E-state index contributed by atoms with van der Waals surface area (Å²) < 4.78 is 0. The Balaban J connectivity index is 2.44. The van der Waals surface area contributed by atoms with E-state index in [0.717, 1.165) is 34.5 Å². The average molecular weight is 286 g/mol. The van der Waals surface area contributed by atoms with Gasteiger partial charge in [-0.25, -0.2) is 9.97 Å². The van der Waals surface area contributed by atoms with Gasteiger partial charge in [0, 0.05) is 18.4 Å². The second-order valence-electron chi connectivity index (χ2n) is 3.11. The lowest BCUT2D eigenvalue weighted by Gasteiger charge is -2.21. The molecule has 2 rings (SSSR count). The van der Waals surface area contributed by atoms with Gasteiger partial charge in [0.25, 0.3) is 0 Å². The van der Waals surface area contributed by atoms with Gasteiger partial charge in [-0.15, -0.1) is 11.3 Å². The highest BCUT2D eigenvalue weighted by atomic mass is 79.9. The molecular formula is C10H12BrN3S. The lowest BCUT2D eigenvalue weighted by atomic mass is 10.3. The van der Waals surface area contributed by atoms with Crippen LogP contribution < -0.4 is 4.90 Å². The van der Waals surface area contributed by atoms with Crippen LogP contribution in [0.15, 0.2) is 17.8 Å². The Bertz CT molecular complexity index is 443. The highest BCUT2D eigenvalue weighted by Gasteiger charge is 2.10. The van der Waals surface area contributed by atoms with Gasteiger partial charge >= 0.3 is 0 Å². The minimum atomic E-state index is 0.955. The van der Waals surface area contributed by atoms with E-state index in [0.29, 0.717) is 0 Å². The zero-order valence-corrected chi connectivity index (χ0v) is 10.9. The molecule has 0 radical (unpaired) electrons. The van der Waals surface area contributed by atoms with E-state index >= 15 is 0 Å². The molecular weight excluding hydrogens is 274 g/mol. The van der Waals surface area contributed by atoms with Gasteiger partial charge in [-0.1, -0.05) is 15.9 Å². The van der Waals surface area contributed by atoms with Gasteiger partial charge in [-0.3, -0.25) is 0 Å². The second-order valence-corrected chi connectivity index (χ2v) is 4.79. The number of hydrogen-bond donors (Lipinski definition) is 0. The van der Waals surface area contributed by atoms with Crippen LogP contribution in [-0.4, -0.2) is 28.4 Å². The van der Waals surface area contributed by atoms with Gasteiger partial charge in [0.15, 0.2) is 0 Å². The third-order valence-corrected chi connectivity index (χ3v) is 3.45. The van der Waals surface area contributed by atoms with Crippen LogP contribution >= 0.6 is 27.3 Å². The van der Waals surface area contributed by atoms with Crippen LogP contribution in [0.5, 0.6) is 0 Å². The molecule has 0 saturated heterocycles. The van der Waals surface area contributed by atoms with Crippen LogP contribution in [0.1, 0.15) is 6.92 Å². The molecule has 0 atom stereocenters. The van der Waals surface area contributed by atoms with Crippen molar-refractivity contribution < 1.29 is 0 Å². The Kier molecular flexibility index (Phi) is 3.53. The Morgan fingerprint density at radius 1 is 1.47 bits per heavy atom. The van der Waals surface area contributed by atoms with E-state index < -0.39 is 0 Å². The normalized spacial score (nSPS) is 10.8. The highest BCUT2D eigenvalue weighted by Crippen LogP contribution is 2.26. The SMILES string of the molecule is CCN(CCBr)c1ncnc2sccc12. The lowest BCUT2D eigenvalue weighted by molar-refractivity contribution is 0.857. The van der Waals surface area contributed by atoms with Crippen molar-refractivity contribution in [2.75, 3.05) is 23.3 Å². The minimum absolute atomic E-state index is 0.955. The number of anilines is 1. The summed E-state index contributed by atoms with van der Waals surface area (Å²) in [4.78, 5) is 11.9. The summed E-state index contributed by atoms with van der Waals surface area (Å²) in [6.45, 7) is 4.08. The second kappa shape index (κ2) is 4.90. The monoisotopic (exact) mass is 285 g/mol. The van der Waals surface area contributed by atoms with E-state index in [-0.39, 0.29) is 0 Å². The van der Waals surface area contributed by atoms with Gasteiger partial charge in [-0.2, -0.15) is 0 Å². The van der Waals surface area contributed by atoms with Crippen molar-refractivity contribution in [2.45, 2.75) is 6.92 Å². The predicted octanol–water partition coefficient (Wildman–Crippen LogP) is 2.91. The first-order chi connectivity index (χ1) is 7.36. The van der Waals surface area contributed by atoms with Crippen LogP contribution in [0.25, 0.3) is 10.2 Å². The number of thiophene rings is 1. The first kappa shape index (κ1) is 10.8. The molecule has 0 bridgehead atoms. The summed E-state index contributed by atoms with van der Waals surface area (Å²) in [5, 5.41) is 4.17. The van der Waals surface area contributed by atoms with E-state index in [1.165, 1.54) is 0 Å². The smallest absolute Gasteiger partial charge is 0.140 e. The first-order valence-corrected chi connectivity index (χ1v) is 6.86. The zero-order valence-electron chi connectivity index (χ0n) is 8.48. The van der Waals surface area contributed by atoms with Crippen molar-refractivity contribution in [1.29, 1.82) is 0 Å². The fourth-order valence-corrected chi connectivity index (χ4v) is 2.70. The molecule has 0 aliphatic carbocycles. The number of halogens is 1. The van der Waals surface area contributed by atoms with E-state index in [2.05, 4.69) is 49.2 Å². The summed E-state index contributed by atoms with van der Waals surface area (Å²) in [7, 11) is 0. The summed E-state index contributed by atoms with van der Waals surface area (Å²) in [5.74, 6) is 1.04. The van der Waals surface area contributed by atoms with Gasteiger partial charge in [0.05, 0.1) is 5.39 Å². The minimum Gasteiger partial charge on any atom is -0.355 e. The molecule has 0 aliphatic rings. The molecule has 0 fully saturated rings. The Labute approximate surface area is 101 Å². The molecule has 0 amide bonds. The molecule has 3 nitrogen and oxygen atoms in total. The van der Waals surface area contributed by atoms with Crippen LogP contribution in [0.2, 0.25) is 0 Å². The molecule has 2 aromatic rings.